The van der Waals surface area contributed by atoms with E-state index in [9.17, 15) is 13.2 Å². The van der Waals surface area contributed by atoms with Crippen LogP contribution in [0.15, 0.2) is 87.3 Å². The van der Waals surface area contributed by atoms with Crippen LogP contribution in [0.2, 0.25) is 5.02 Å². The fourth-order valence-corrected chi connectivity index (χ4v) is 6.24. The Kier molecular flexibility index (Phi) is 9.02. The number of nitrogens with one attached hydrogen (secondary N) is 1. The van der Waals surface area contributed by atoms with E-state index in [0.29, 0.717) is 5.02 Å². The molecule has 1 amide bonds. The number of carbonyl (C=O) groups excluding carboxylic acids is 1. The number of hydrazone groups is 1. The maximum Gasteiger partial charge on any atom is 0.264 e. The van der Waals surface area contributed by atoms with Crippen LogP contribution in [-0.4, -0.2) is 38.8 Å². The summed E-state index contributed by atoms with van der Waals surface area (Å²) in [5.41, 5.74) is 7.20. The lowest BCUT2D eigenvalue weighted by Crippen LogP contribution is -2.39. The van der Waals surface area contributed by atoms with Gasteiger partial charge < -0.3 is 9.30 Å². The number of anilines is 1. The number of aromatic nitrogens is 1. The molecule has 208 valence electrons. The number of carbonyl (C=O) groups is 1. The number of amides is 1. The summed E-state index contributed by atoms with van der Waals surface area (Å²) in [7, 11) is -2.75. The SMILES string of the molecule is COc1ccc(Cl)cc1N(CC(=O)N/N=C\c1cc(C)n(-c2cccc(Br)c2)c1C)S(=O)(=O)c1ccc(C)cc1. The van der Waals surface area contributed by atoms with Gasteiger partial charge in [-0.3, -0.25) is 9.10 Å². The Labute approximate surface area is 247 Å². The van der Waals surface area contributed by atoms with Gasteiger partial charge >= 0.3 is 0 Å². The highest BCUT2D eigenvalue weighted by Crippen LogP contribution is 2.35. The third-order valence-corrected chi connectivity index (χ3v) is 8.74. The molecule has 0 fully saturated rings. The molecule has 0 spiro atoms. The summed E-state index contributed by atoms with van der Waals surface area (Å²) in [6.07, 6.45) is 1.54. The zero-order chi connectivity index (χ0) is 29.0. The zero-order valence-electron chi connectivity index (χ0n) is 22.4. The van der Waals surface area contributed by atoms with E-state index in [0.717, 1.165) is 37.0 Å². The molecule has 8 nitrogen and oxygen atoms in total. The second kappa shape index (κ2) is 12.3. The molecule has 0 atom stereocenters. The van der Waals surface area contributed by atoms with E-state index in [2.05, 4.69) is 31.0 Å². The molecule has 1 heterocycles. The van der Waals surface area contributed by atoms with E-state index in [1.165, 1.54) is 31.5 Å². The molecule has 11 heteroatoms. The molecular formula is C29H28BrClN4O4S. The minimum absolute atomic E-state index is 0.0245. The van der Waals surface area contributed by atoms with Crippen molar-refractivity contribution in [2.24, 2.45) is 5.10 Å². The van der Waals surface area contributed by atoms with E-state index in [-0.39, 0.29) is 16.3 Å². The summed E-state index contributed by atoms with van der Waals surface area (Å²) < 4.78 is 36.8. The Balaban J connectivity index is 1.61. The molecule has 0 bridgehead atoms. The minimum atomic E-state index is -4.16. The highest BCUT2D eigenvalue weighted by molar-refractivity contribution is 9.10. The first-order valence-electron chi connectivity index (χ1n) is 12.2. The van der Waals surface area contributed by atoms with Gasteiger partial charge in [0, 0.05) is 32.1 Å². The number of benzene rings is 3. The second-order valence-electron chi connectivity index (χ2n) is 9.08. The number of halogens is 2. The first-order valence-corrected chi connectivity index (χ1v) is 14.8. The van der Waals surface area contributed by atoms with E-state index >= 15 is 0 Å². The van der Waals surface area contributed by atoms with Crippen molar-refractivity contribution in [2.75, 3.05) is 18.0 Å². The van der Waals surface area contributed by atoms with Crippen molar-refractivity contribution in [2.45, 2.75) is 25.7 Å². The molecule has 0 saturated carbocycles. The lowest BCUT2D eigenvalue weighted by Gasteiger charge is -2.25. The van der Waals surface area contributed by atoms with Crippen LogP contribution in [-0.2, 0) is 14.8 Å². The molecule has 0 radical (unpaired) electrons. The van der Waals surface area contributed by atoms with Crippen molar-refractivity contribution in [3.05, 3.63) is 105 Å². The molecule has 1 aromatic heterocycles. The van der Waals surface area contributed by atoms with Crippen LogP contribution < -0.4 is 14.5 Å². The van der Waals surface area contributed by atoms with Gasteiger partial charge in [-0.05, 0) is 75.4 Å². The summed E-state index contributed by atoms with van der Waals surface area (Å²) in [5, 5.41) is 4.41. The monoisotopic (exact) mass is 642 g/mol. The number of sulfonamides is 1. The molecule has 3 aromatic carbocycles. The predicted octanol–water partition coefficient (Wildman–Crippen LogP) is 6.17. The van der Waals surface area contributed by atoms with Crippen LogP contribution in [0, 0.1) is 20.8 Å². The summed E-state index contributed by atoms with van der Waals surface area (Å²) in [6, 6.07) is 20.8. The van der Waals surface area contributed by atoms with Crippen LogP contribution >= 0.6 is 27.5 Å². The molecule has 4 aromatic rings. The number of ether oxygens (including phenoxy) is 1. The standard InChI is InChI=1S/C29H28BrClN4O4S/c1-19-8-11-26(12-9-19)40(37,38)34(27-16-24(31)10-13-28(27)39-4)18-29(36)33-32-17-22-14-20(2)35(21(22)3)25-7-5-6-23(30)15-25/h5-17H,18H2,1-4H3,(H,33,36)/b32-17-. The van der Waals surface area contributed by atoms with Gasteiger partial charge in [-0.15, -0.1) is 0 Å². The van der Waals surface area contributed by atoms with Gasteiger partial charge in [0.2, 0.25) is 0 Å². The first-order chi connectivity index (χ1) is 19.0. The highest BCUT2D eigenvalue weighted by Gasteiger charge is 2.29. The van der Waals surface area contributed by atoms with Gasteiger partial charge in [-0.2, -0.15) is 5.10 Å². The van der Waals surface area contributed by atoms with Crippen LogP contribution in [0.4, 0.5) is 5.69 Å². The van der Waals surface area contributed by atoms with Crippen LogP contribution in [0.3, 0.4) is 0 Å². The molecule has 0 aliphatic rings. The zero-order valence-corrected chi connectivity index (χ0v) is 25.5. The Morgan fingerprint density at radius 3 is 2.48 bits per heavy atom. The molecule has 0 saturated heterocycles. The number of rotatable bonds is 9. The largest absolute Gasteiger partial charge is 0.495 e. The van der Waals surface area contributed by atoms with E-state index < -0.39 is 22.5 Å². The molecule has 1 N–H and O–H groups in total. The number of aryl methyl sites for hydroxylation is 2. The van der Waals surface area contributed by atoms with Gasteiger partial charge in [-0.1, -0.05) is 51.3 Å². The maximum absolute atomic E-state index is 13.7. The van der Waals surface area contributed by atoms with Gasteiger partial charge in [0.1, 0.15) is 12.3 Å². The Bertz CT molecular complexity index is 1680. The van der Waals surface area contributed by atoms with Gasteiger partial charge in [0.25, 0.3) is 15.9 Å². The highest BCUT2D eigenvalue weighted by atomic mass is 79.9. The first kappa shape index (κ1) is 29.4. The van der Waals surface area contributed by atoms with Gasteiger partial charge in [-0.25, -0.2) is 13.8 Å². The van der Waals surface area contributed by atoms with Crippen LogP contribution in [0.5, 0.6) is 5.75 Å². The van der Waals surface area contributed by atoms with E-state index in [1.807, 2.05) is 51.1 Å². The third kappa shape index (κ3) is 6.41. The van der Waals surface area contributed by atoms with Crippen molar-refractivity contribution in [3.63, 3.8) is 0 Å². The van der Waals surface area contributed by atoms with Crippen molar-refractivity contribution in [1.82, 2.24) is 9.99 Å². The summed E-state index contributed by atoms with van der Waals surface area (Å²) in [5.74, 6) is -0.397. The fraction of sp³-hybridized carbons (Fsp3) is 0.172. The summed E-state index contributed by atoms with van der Waals surface area (Å²) in [4.78, 5) is 13.1. The molecule has 0 unspecified atom stereocenters. The molecule has 4 rings (SSSR count). The second-order valence-corrected chi connectivity index (χ2v) is 12.3. The Hall–Kier alpha value is -3.60. The smallest absolute Gasteiger partial charge is 0.264 e. The van der Waals surface area contributed by atoms with Crippen molar-refractivity contribution >= 4 is 55.4 Å². The molecule has 40 heavy (non-hydrogen) atoms. The maximum atomic E-state index is 13.7. The topological polar surface area (TPSA) is 93.0 Å². The minimum Gasteiger partial charge on any atom is -0.495 e. The molecular weight excluding hydrogens is 616 g/mol. The molecule has 0 aliphatic carbocycles. The van der Waals surface area contributed by atoms with Crippen LogP contribution in [0.1, 0.15) is 22.5 Å². The Morgan fingerprint density at radius 2 is 1.80 bits per heavy atom. The fourth-order valence-electron chi connectivity index (χ4n) is 4.27. The Morgan fingerprint density at radius 1 is 1.07 bits per heavy atom. The van der Waals surface area contributed by atoms with Crippen molar-refractivity contribution in [1.29, 1.82) is 0 Å². The third-order valence-electron chi connectivity index (χ3n) is 6.24. The van der Waals surface area contributed by atoms with Gasteiger partial charge in [0.05, 0.1) is 23.9 Å². The summed E-state index contributed by atoms with van der Waals surface area (Å²) in [6.45, 7) is 5.24. The normalized spacial score (nSPS) is 11.6. The average molecular weight is 644 g/mol. The average Bonchev–Trinajstić information content (AvgIpc) is 3.19. The number of hydrogen-bond acceptors (Lipinski definition) is 5. The quantitative estimate of drug-likeness (QED) is 0.174. The molecule has 0 aliphatic heterocycles. The van der Waals surface area contributed by atoms with Crippen molar-refractivity contribution in [3.8, 4) is 11.4 Å². The summed E-state index contributed by atoms with van der Waals surface area (Å²) >= 11 is 9.70. The predicted molar refractivity (Wildman–Crippen MR) is 162 cm³/mol. The number of methoxy groups -OCH3 is 1. The van der Waals surface area contributed by atoms with E-state index in [4.69, 9.17) is 16.3 Å². The van der Waals surface area contributed by atoms with Crippen molar-refractivity contribution < 1.29 is 17.9 Å². The lowest BCUT2D eigenvalue weighted by molar-refractivity contribution is -0.119. The van der Waals surface area contributed by atoms with Gasteiger partial charge in [0.15, 0.2) is 0 Å². The number of hydrogen-bond donors (Lipinski definition) is 1. The number of nitrogens with zero attached hydrogens (tertiary/aromatic N) is 3. The van der Waals surface area contributed by atoms with E-state index in [1.54, 1.807) is 24.3 Å². The lowest BCUT2D eigenvalue weighted by atomic mass is 10.2. The van der Waals surface area contributed by atoms with Crippen LogP contribution in [0.25, 0.3) is 5.69 Å².